The molecule has 2 aliphatic rings. The molecule has 1 saturated heterocycles. The van der Waals surface area contributed by atoms with Crippen LogP contribution in [0.2, 0.25) is 0 Å². The van der Waals surface area contributed by atoms with Gasteiger partial charge in [0.1, 0.15) is 5.82 Å². The Hall–Kier alpha value is -3.98. The van der Waals surface area contributed by atoms with Crippen LogP contribution in [-0.2, 0) is 7.05 Å². The molecule has 0 unspecified atom stereocenters. The summed E-state index contributed by atoms with van der Waals surface area (Å²) in [5, 5.41) is 11.5. The maximum Gasteiger partial charge on any atom is 0.250 e. The van der Waals surface area contributed by atoms with E-state index in [9.17, 15) is 4.79 Å². The van der Waals surface area contributed by atoms with E-state index in [4.69, 9.17) is 5.10 Å². The van der Waals surface area contributed by atoms with Gasteiger partial charge in [0.25, 0.3) is 0 Å². The zero-order chi connectivity index (χ0) is 23.8. The summed E-state index contributed by atoms with van der Waals surface area (Å²) in [6.45, 7) is 3.95. The molecule has 4 aromatic heterocycles. The maximum atomic E-state index is 11.9. The molecule has 6 rings (SSSR count). The Balaban J connectivity index is 1.35. The van der Waals surface area contributed by atoms with Gasteiger partial charge in [0.2, 0.25) is 11.5 Å². The van der Waals surface area contributed by atoms with Crippen LogP contribution in [0.1, 0.15) is 25.0 Å². The van der Waals surface area contributed by atoms with Gasteiger partial charge in [-0.05, 0) is 49.1 Å². The standard InChI is InChI=1S/C26H28N8O/c1-32-17-19(6-9-24(32)35)22-14-21-16-29-26(31-34(21)25(22)18-4-2-3-5-18)30-23-8-7-20(15-28-23)33-12-10-27-11-13-33/h4,6-9,14-17,27H,2-3,5,10-13H2,1H3,(H,28,30,31). The minimum atomic E-state index is -0.0269. The molecule has 5 heterocycles. The quantitative estimate of drug-likeness (QED) is 0.465. The van der Waals surface area contributed by atoms with Crippen molar-refractivity contribution in [2.45, 2.75) is 19.3 Å². The molecule has 9 nitrogen and oxygen atoms in total. The third kappa shape index (κ3) is 4.19. The average Bonchev–Trinajstić information content (AvgIpc) is 3.54. The number of aromatic nitrogens is 5. The fraction of sp³-hybridized carbons (Fsp3) is 0.308. The van der Waals surface area contributed by atoms with Gasteiger partial charge < -0.3 is 20.1 Å². The van der Waals surface area contributed by atoms with E-state index >= 15 is 0 Å². The second-order valence-electron chi connectivity index (χ2n) is 9.08. The van der Waals surface area contributed by atoms with E-state index in [1.54, 1.807) is 17.7 Å². The van der Waals surface area contributed by atoms with Crippen LogP contribution in [0.3, 0.4) is 0 Å². The second kappa shape index (κ2) is 8.99. The van der Waals surface area contributed by atoms with Crippen molar-refractivity contribution in [3.05, 3.63) is 71.0 Å². The molecule has 9 heteroatoms. The summed E-state index contributed by atoms with van der Waals surface area (Å²) < 4.78 is 3.57. The first-order chi connectivity index (χ1) is 17.2. The number of hydrogen-bond donors (Lipinski definition) is 2. The van der Waals surface area contributed by atoms with Gasteiger partial charge in [0.15, 0.2) is 0 Å². The number of nitrogens with zero attached hydrogens (tertiary/aromatic N) is 6. The summed E-state index contributed by atoms with van der Waals surface area (Å²) in [6, 6.07) is 9.64. The molecule has 0 spiro atoms. The van der Waals surface area contributed by atoms with E-state index in [1.165, 1.54) is 5.57 Å². The molecule has 1 fully saturated rings. The predicted molar refractivity (Wildman–Crippen MR) is 138 cm³/mol. The van der Waals surface area contributed by atoms with Crippen LogP contribution in [0.15, 0.2) is 59.8 Å². The lowest BCUT2D eigenvalue weighted by Crippen LogP contribution is -2.43. The Labute approximate surface area is 203 Å². The summed E-state index contributed by atoms with van der Waals surface area (Å²) in [4.78, 5) is 23.4. The highest BCUT2D eigenvalue weighted by Gasteiger charge is 2.20. The lowest BCUT2D eigenvalue weighted by atomic mass is 10.0. The highest BCUT2D eigenvalue weighted by molar-refractivity contribution is 5.84. The molecule has 2 N–H and O–H groups in total. The van der Waals surface area contributed by atoms with E-state index in [2.05, 4.69) is 43.7 Å². The molecule has 0 radical (unpaired) electrons. The van der Waals surface area contributed by atoms with Crippen molar-refractivity contribution in [1.29, 1.82) is 0 Å². The van der Waals surface area contributed by atoms with Crippen molar-refractivity contribution in [3.63, 3.8) is 0 Å². The highest BCUT2D eigenvalue weighted by Crippen LogP contribution is 2.36. The second-order valence-corrected chi connectivity index (χ2v) is 9.08. The lowest BCUT2D eigenvalue weighted by Gasteiger charge is -2.29. The zero-order valence-corrected chi connectivity index (χ0v) is 19.7. The van der Waals surface area contributed by atoms with Crippen LogP contribution in [0.25, 0.3) is 22.2 Å². The van der Waals surface area contributed by atoms with E-state index in [0.29, 0.717) is 11.8 Å². The molecule has 0 saturated carbocycles. The summed E-state index contributed by atoms with van der Waals surface area (Å²) in [5.74, 6) is 1.19. The van der Waals surface area contributed by atoms with E-state index in [-0.39, 0.29) is 5.56 Å². The first-order valence-corrected chi connectivity index (χ1v) is 12.1. The number of hydrogen-bond acceptors (Lipinski definition) is 7. The Morgan fingerprint density at radius 3 is 2.69 bits per heavy atom. The Bertz CT molecular complexity index is 1460. The number of aryl methyl sites for hydroxylation is 1. The molecule has 0 amide bonds. The number of allylic oxidation sites excluding steroid dienone is 2. The van der Waals surface area contributed by atoms with Crippen molar-refractivity contribution in [3.8, 4) is 11.1 Å². The molecule has 35 heavy (non-hydrogen) atoms. The normalized spacial score (nSPS) is 16.0. The van der Waals surface area contributed by atoms with Crippen molar-refractivity contribution in [2.24, 2.45) is 7.05 Å². The number of anilines is 3. The number of rotatable bonds is 5. The third-order valence-corrected chi connectivity index (χ3v) is 6.73. The van der Waals surface area contributed by atoms with Gasteiger partial charge in [-0.3, -0.25) is 4.79 Å². The van der Waals surface area contributed by atoms with Crippen LogP contribution in [-0.4, -0.2) is 50.3 Å². The van der Waals surface area contributed by atoms with E-state index in [1.807, 2.05) is 35.2 Å². The van der Waals surface area contributed by atoms with Gasteiger partial charge in [0.05, 0.1) is 29.3 Å². The zero-order valence-electron chi connectivity index (χ0n) is 19.7. The highest BCUT2D eigenvalue weighted by atomic mass is 16.1. The molecule has 178 valence electrons. The topological polar surface area (TPSA) is 92.4 Å². The molecule has 0 atom stereocenters. The molecular weight excluding hydrogens is 440 g/mol. The van der Waals surface area contributed by atoms with E-state index in [0.717, 1.165) is 73.5 Å². The minimum absolute atomic E-state index is 0.0269. The predicted octanol–water partition coefficient (Wildman–Crippen LogP) is 3.21. The Kier molecular flexibility index (Phi) is 5.54. The van der Waals surface area contributed by atoms with Crippen molar-refractivity contribution in [2.75, 3.05) is 36.4 Å². The number of nitrogens with one attached hydrogen (secondary N) is 2. The summed E-state index contributed by atoms with van der Waals surface area (Å²) in [7, 11) is 1.78. The Morgan fingerprint density at radius 1 is 1.06 bits per heavy atom. The van der Waals surface area contributed by atoms with Crippen molar-refractivity contribution in [1.82, 2.24) is 29.5 Å². The van der Waals surface area contributed by atoms with Gasteiger partial charge in [-0.25, -0.2) is 14.5 Å². The fourth-order valence-electron chi connectivity index (χ4n) is 4.88. The van der Waals surface area contributed by atoms with Gasteiger partial charge in [-0.1, -0.05) is 6.08 Å². The summed E-state index contributed by atoms with van der Waals surface area (Å²) in [5.41, 5.74) is 6.38. The number of fused-ring (bicyclic) bond motifs is 1. The lowest BCUT2D eigenvalue weighted by molar-refractivity contribution is 0.589. The first kappa shape index (κ1) is 21.5. The van der Waals surface area contributed by atoms with Crippen molar-refractivity contribution < 1.29 is 0 Å². The van der Waals surface area contributed by atoms with Crippen LogP contribution in [0.5, 0.6) is 0 Å². The number of pyridine rings is 2. The largest absolute Gasteiger partial charge is 0.368 e. The maximum absolute atomic E-state index is 11.9. The SMILES string of the molecule is Cn1cc(-c2cc3cnc(Nc4ccc(N5CCNCC5)cn4)nn3c2C2=CCCC2)ccc1=O. The molecule has 4 aromatic rings. The monoisotopic (exact) mass is 468 g/mol. The minimum Gasteiger partial charge on any atom is -0.368 e. The smallest absolute Gasteiger partial charge is 0.250 e. The van der Waals surface area contributed by atoms with Gasteiger partial charge >= 0.3 is 0 Å². The molecule has 0 bridgehead atoms. The Morgan fingerprint density at radius 2 is 1.94 bits per heavy atom. The van der Waals surface area contributed by atoms with Gasteiger partial charge in [0, 0.05) is 56.6 Å². The summed E-state index contributed by atoms with van der Waals surface area (Å²) >= 11 is 0. The first-order valence-electron chi connectivity index (χ1n) is 12.1. The van der Waals surface area contributed by atoms with Crippen LogP contribution >= 0.6 is 0 Å². The molecular formula is C26H28N8O. The van der Waals surface area contributed by atoms with Crippen LogP contribution in [0, 0.1) is 0 Å². The van der Waals surface area contributed by atoms with Crippen molar-refractivity contribution >= 4 is 28.5 Å². The van der Waals surface area contributed by atoms with Crippen LogP contribution in [0.4, 0.5) is 17.5 Å². The van der Waals surface area contributed by atoms with Gasteiger partial charge in [-0.15, -0.1) is 5.10 Å². The number of piperazine rings is 1. The average molecular weight is 469 g/mol. The molecule has 0 aromatic carbocycles. The van der Waals surface area contributed by atoms with Crippen LogP contribution < -0.4 is 21.1 Å². The summed E-state index contributed by atoms with van der Waals surface area (Å²) in [6.07, 6.45) is 11.1. The molecule has 1 aliphatic heterocycles. The third-order valence-electron chi connectivity index (χ3n) is 6.73. The molecule has 1 aliphatic carbocycles. The van der Waals surface area contributed by atoms with E-state index < -0.39 is 0 Å². The van der Waals surface area contributed by atoms with Gasteiger partial charge in [-0.2, -0.15) is 0 Å². The fourth-order valence-corrected chi connectivity index (χ4v) is 4.88.